The predicted octanol–water partition coefficient (Wildman–Crippen LogP) is 3.88. The number of rotatable bonds is 8. The highest BCUT2D eigenvalue weighted by Crippen LogP contribution is 2.31. The summed E-state index contributed by atoms with van der Waals surface area (Å²) in [5.74, 6) is 0.0630. The molecule has 0 aliphatic heterocycles. The molecule has 0 saturated heterocycles. The van der Waals surface area contributed by atoms with Gasteiger partial charge in [-0.2, -0.15) is 13.2 Å². The second kappa shape index (κ2) is 11.5. The molecule has 0 spiro atoms. The molecule has 0 saturated carbocycles. The first-order chi connectivity index (χ1) is 12.5. The number of halogens is 4. The van der Waals surface area contributed by atoms with Crippen LogP contribution in [0.25, 0.3) is 0 Å². The van der Waals surface area contributed by atoms with E-state index < -0.39 is 23.1 Å². The van der Waals surface area contributed by atoms with E-state index in [9.17, 15) is 18.0 Å². The number of guanidine groups is 1. The summed E-state index contributed by atoms with van der Waals surface area (Å²) in [4.78, 5) is 15.7. The van der Waals surface area contributed by atoms with Crippen LogP contribution in [0.1, 0.15) is 51.2 Å². The van der Waals surface area contributed by atoms with Crippen LogP contribution in [-0.2, 0) is 11.0 Å². The third kappa shape index (κ3) is 8.66. The summed E-state index contributed by atoms with van der Waals surface area (Å²) in [6, 6.07) is 5.40. The van der Waals surface area contributed by atoms with Gasteiger partial charge in [-0.25, -0.2) is 0 Å². The topological polar surface area (TPSA) is 79.5 Å². The molecule has 0 aliphatic rings. The number of hydrogen-bond acceptors (Lipinski definition) is 2. The molecule has 5 nitrogen and oxygen atoms in total. The van der Waals surface area contributed by atoms with Gasteiger partial charge in [0.05, 0.1) is 17.5 Å². The molecule has 0 aliphatic carbocycles. The minimum Gasteiger partial charge on any atom is -0.369 e. The van der Waals surface area contributed by atoms with Gasteiger partial charge in [-0.1, -0.05) is 25.1 Å². The monoisotopic (exact) mass is 514 g/mol. The Morgan fingerprint density at radius 2 is 1.89 bits per heavy atom. The largest absolute Gasteiger partial charge is 0.416 e. The third-order valence-corrected chi connectivity index (χ3v) is 4.30. The molecular weight excluding hydrogens is 484 g/mol. The van der Waals surface area contributed by atoms with Crippen molar-refractivity contribution in [2.24, 2.45) is 16.1 Å². The number of carbonyl (C=O) groups excluding carboxylic acids is 1. The fourth-order valence-electron chi connectivity index (χ4n) is 2.29. The molecule has 0 aromatic heterocycles. The van der Waals surface area contributed by atoms with Crippen molar-refractivity contribution in [3.63, 3.8) is 0 Å². The van der Waals surface area contributed by atoms with E-state index >= 15 is 0 Å². The van der Waals surface area contributed by atoms with Gasteiger partial charge in [0, 0.05) is 13.1 Å². The first-order valence-electron chi connectivity index (χ1n) is 8.96. The average molecular weight is 514 g/mol. The van der Waals surface area contributed by atoms with Gasteiger partial charge >= 0.3 is 6.18 Å². The molecular formula is C19H30F3IN4O. The van der Waals surface area contributed by atoms with Crippen LogP contribution < -0.4 is 16.4 Å². The number of carbonyl (C=O) groups is 1. The first kappa shape index (κ1) is 26.5. The number of nitrogens with one attached hydrogen (secondary N) is 2. The molecule has 1 aromatic carbocycles. The highest BCUT2D eigenvalue weighted by atomic mass is 127. The van der Waals surface area contributed by atoms with E-state index in [2.05, 4.69) is 15.6 Å². The van der Waals surface area contributed by atoms with Gasteiger partial charge in [-0.3, -0.25) is 9.79 Å². The van der Waals surface area contributed by atoms with E-state index in [4.69, 9.17) is 5.73 Å². The lowest BCUT2D eigenvalue weighted by Gasteiger charge is -2.20. The molecule has 1 atom stereocenters. The number of amides is 1. The van der Waals surface area contributed by atoms with Crippen LogP contribution in [0.15, 0.2) is 29.3 Å². The molecule has 0 radical (unpaired) electrons. The van der Waals surface area contributed by atoms with Gasteiger partial charge in [0.15, 0.2) is 5.96 Å². The van der Waals surface area contributed by atoms with Crippen molar-refractivity contribution in [3.05, 3.63) is 35.4 Å². The van der Waals surface area contributed by atoms with Crippen LogP contribution in [0, 0.1) is 5.41 Å². The standard InChI is InChI=1S/C19H29F3N4O.HI/c1-5-24-17(26-12-18(3,4)16(23)27)25-10-9-13(2)14-7-6-8-15(11-14)19(20,21)22;/h6-8,11,13H,5,9-10,12H2,1-4H3,(H2,23,27)(H2,24,25,26);1H. The highest BCUT2D eigenvalue weighted by molar-refractivity contribution is 14.0. The lowest BCUT2D eigenvalue weighted by Crippen LogP contribution is -2.40. The van der Waals surface area contributed by atoms with E-state index in [0.717, 1.165) is 6.07 Å². The van der Waals surface area contributed by atoms with Crippen LogP contribution in [-0.4, -0.2) is 31.5 Å². The molecule has 0 bridgehead atoms. The number of aliphatic imine (C=N–C) groups is 1. The molecule has 0 heterocycles. The smallest absolute Gasteiger partial charge is 0.369 e. The summed E-state index contributed by atoms with van der Waals surface area (Å²) in [7, 11) is 0. The molecule has 1 aromatic rings. The van der Waals surface area contributed by atoms with Crippen molar-refractivity contribution >= 4 is 35.8 Å². The second-order valence-corrected chi connectivity index (χ2v) is 7.18. The zero-order valence-corrected chi connectivity index (χ0v) is 19.0. The Hall–Kier alpha value is -1.52. The lowest BCUT2D eigenvalue weighted by atomic mass is 9.93. The molecule has 1 unspecified atom stereocenters. The van der Waals surface area contributed by atoms with Crippen LogP contribution in [0.3, 0.4) is 0 Å². The molecule has 1 rings (SSSR count). The molecule has 160 valence electrons. The Balaban J connectivity index is 0.00000729. The number of nitrogens with two attached hydrogens (primary N) is 1. The minimum absolute atomic E-state index is 0. The number of primary amides is 1. The van der Waals surface area contributed by atoms with Crippen LogP contribution in [0.2, 0.25) is 0 Å². The van der Waals surface area contributed by atoms with Gasteiger partial charge in [0.25, 0.3) is 0 Å². The fraction of sp³-hybridized carbons (Fsp3) is 0.579. The predicted molar refractivity (Wildman–Crippen MR) is 117 cm³/mol. The average Bonchev–Trinajstić information content (AvgIpc) is 2.58. The van der Waals surface area contributed by atoms with E-state index in [-0.39, 0.29) is 36.4 Å². The first-order valence-corrected chi connectivity index (χ1v) is 8.96. The van der Waals surface area contributed by atoms with Crippen LogP contribution in [0.4, 0.5) is 13.2 Å². The summed E-state index contributed by atoms with van der Waals surface area (Å²) in [5, 5.41) is 6.22. The summed E-state index contributed by atoms with van der Waals surface area (Å²) < 4.78 is 38.5. The van der Waals surface area contributed by atoms with Crippen molar-refractivity contribution in [2.75, 3.05) is 19.6 Å². The third-order valence-electron chi connectivity index (χ3n) is 4.30. The van der Waals surface area contributed by atoms with Gasteiger partial charge in [0.1, 0.15) is 0 Å². The van der Waals surface area contributed by atoms with Gasteiger partial charge in [-0.05, 0) is 44.7 Å². The maximum Gasteiger partial charge on any atom is 0.416 e. The Morgan fingerprint density at radius 3 is 2.43 bits per heavy atom. The summed E-state index contributed by atoms with van der Waals surface area (Å²) in [6.45, 7) is 8.66. The van der Waals surface area contributed by atoms with Crippen LogP contribution in [0.5, 0.6) is 0 Å². The number of benzene rings is 1. The molecule has 0 fully saturated rings. The van der Waals surface area contributed by atoms with Crippen molar-refractivity contribution < 1.29 is 18.0 Å². The SMILES string of the molecule is CCNC(=NCC(C)(C)C(N)=O)NCCC(C)c1cccc(C(F)(F)F)c1.I. The summed E-state index contributed by atoms with van der Waals surface area (Å²) in [5.41, 5.74) is 4.60. The normalized spacial score (nSPS) is 13.5. The van der Waals surface area contributed by atoms with Gasteiger partial charge in [-0.15, -0.1) is 24.0 Å². The lowest BCUT2D eigenvalue weighted by molar-refractivity contribution is -0.137. The maximum absolute atomic E-state index is 12.8. The Labute approximate surface area is 181 Å². The fourth-order valence-corrected chi connectivity index (χ4v) is 2.29. The van der Waals surface area contributed by atoms with E-state index in [1.165, 1.54) is 12.1 Å². The van der Waals surface area contributed by atoms with Crippen molar-refractivity contribution in [1.82, 2.24) is 10.6 Å². The maximum atomic E-state index is 12.8. The van der Waals surface area contributed by atoms with Crippen molar-refractivity contribution in [1.29, 1.82) is 0 Å². The minimum atomic E-state index is -4.34. The van der Waals surface area contributed by atoms with Crippen LogP contribution >= 0.6 is 24.0 Å². The Bertz CT molecular complexity index is 663. The van der Waals surface area contributed by atoms with Gasteiger partial charge in [0.2, 0.25) is 5.91 Å². The Morgan fingerprint density at radius 1 is 1.25 bits per heavy atom. The quantitative estimate of drug-likeness (QED) is 0.280. The number of hydrogen-bond donors (Lipinski definition) is 3. The molecule has 28 heavy (non-hydrogen) atoms. The Kier molecular flexibility index (Phi) is 10.9. The zero-order chi connectivity index (χ0) is 20.7. The number of alkyl halides is 3. The van der Waals surface area contributed by atoms with Gasteiger partial charge < -0.3 is 16.4 Å². The molecule has 9 heteroatoms. The number of nitrogens with zero attached hydrogens (tertiary/aromatic N) is 1. The zero-order valence-electron chi connectivity index (χ0n) is 16.7. The van der Waals surface area contributed by atoms with Crippen molar-refractivity contribution in [3.8, 4) is 0 Å². The van der Waals surface area contributed by atoms with Crippen molar-refractivity contribution in [2.45, 2.75) is 46.2 Å². The molecule has 4 N–H and O–H groups in total. The second-order valence-electron chi connectivity index (χ2n) is 7.18. The van der Waals surface area contributed by atoms with E-state index in [1.54, 1.807) is 19.9 Å². The summed E-state index contributed by atoms with van der Waals surface area (Å²) in [6.07, 6.45) is -3.71. The molecule has 1 amide bonds. The van der Waals surface area contributed by atoms with E-state index in [0.29, 0.717) is 31.0 Å². The van der Waals surface area contributed by atoms with E-state index in [1.807, 2.05) is 13.8 Å². The summed E-state index contributed by atoms with van der Waals surface area (Å²) >= 11 is 0. The highest BCUT2D eigenvalue weighted by Gasteiger charge is 2.30.